The Morgan fingerprint density at radius 1 is 1.20 bits per heavy atom. The van der Waals surface area contributed by atoms with Crippen molar-refractivity contribution in [3.8, 4) is 0 Å². The molecule has 3 nitrogen and oxygen atoms in total. The largest absolute Gasteiger partial charge is 0.401 e. The van der Waals surface area contributed by atoms with Crippen LogP contribution < -0.4 is 0 Å². The number of carbonyl (C=O) groups is 1. The van der Waals surface area contributed by atoms with Crippen LogP contribution in [0.1, 0.15) is 10.4 Å². The van der Waals surface area contributed by atoms with E-state index in [-0.39, 0.29) is 19.0 Å². The number of hydrogen-bond donors (Lipinski definition) is 1. The van der Waals surface area contributed by atoms with E-state index >= 15 is 0 Å². The maximum atomic E-state index is 12.3. The smallest absolute Gasteiger partial charge is 0.336 e. The molecule has 0 N–H and O–H groups in total. The van der Waals surface area contributed by atoms with Gasteiger partial charge in [-0.15, -0.1) is 12.6 Å². The molecule has 0 unspecified atom stereocenters. The van der Waals surface area contributed by atoms with E-state index in [0.29, 0.717) is 23.5 Å². The lowest BCUT2D eigenvalue weighted by Gasteiger charge is -2.35. The predicted octanol–water partition coefficient (Wildman–Crippen LogP) is 2.30. The lowest BCUT2D eigenvalue weighted by molar-refractivity contribution is -0.148. The summed E-state index contributed by atoms with van der Waals surface area (Å²) >= 11 is 4.17. The first-order chi connectivity index (χ1) is 9.35. The molecular formula is C13H15F3N2OS. The van der Waals surface area contributed by atoms with Crippen LogP contribution >= 0.6 is 12.6 Å². The Labute approximate surface area is 120 Å². The third-order valence-corrected chi connectivity index (χ3v) is 3.43. The summed E-state index contributed by atoms with van der Waals surface area (Å²) in [5.74, 6) is -0.160. The van der Waals surface area contributed by atoms with Gasteiger partial charge in [0.1, 0.15) is 0 Å². The van der Waals surface area contributed by atoms with Crippen LogP contribution in [0.3, 0.4) is 0 Å². The van der Waals surface area contributed by atoms with Crippen LogP contribution in [0, 0.1) is 0 Å². The van der Waals surface area contributed by atoms with Crippen LogP contribution in [0.4, 0.5) is 13.2 Å². The van der Waals surface area contributed by atoms with E-state index in [1.165, 1.54) is 4.90 Å². The molecule has 1 aliphatic rings. The minimum atomic E-state index is -4.19. The Kier molecular flexibility index (Phi) is 4.59. The van der Waals surface area contributed by atoms with Gasteiger partial charge in [-0.25, -0.2) is 0 Å². The summed E-state index contributed by atoms with van der Waals surface area (Å²) in [6.07, 6.45) is -4.19. The Bertz CT molecular complexity index is 485. The van der Waals surface area contributed by atoms with Crippen molar-refractivity contribution in [2.24, 2.45) is 0 Å². The first-order valence-corrected chi connectivity index (χ1v) is 6.67. The van der Waals surface area contributed by atoms with Gasteiger partial charge in [-0.05, 0) is 18.2 Å². The molecule has 0 atom stereocenters. The molecule has 0 saturated carbocycles. The molecule has 0 aromatic heterocycles. The molecule has 0 aliphatic carbocycles. The summed E-state index contributed by atoms with van der Waals surface area (Å²) in [7, 11) is 0. The molecular weight excluding hydrogens is 289 g/mol. The van der Waals surface area contributed by atoms with Gasteiger partial charge in [0.15, 0.2) is 0 Å². The topological polar surface area (TPSA) is 23.6 Å². The number of thiol groups is 1. The minimum absolute atomic E-state index is 0.160. The van der Waals surface area contributed by atoms with Crippen molar-refractivity contribution in [2.75, 3.05) is 32.7 Å². The second kappa shape index (κ2) is 6.05. The molecule has 20 heavy (non-hydrogen) atoms. The molecule has 0 bridgehead atoms. The number of nitrogens with zero attached hydrogens (tertiary/aromatic N) is 2. The first kappa shape index (κ1) is 15.2. The predicted molar refractivity (Wildman–Crippen MR) is 72.1 cm³/mol. The molecule has 1 aliphatic heterocycles. The molecule has 2 rings (SSSR count). The van der Waals surface area contributed by atoms with Crippen LogP contribution in [0.2, 0.25) is 0 Å². The van der Waals surface area contributed by atoms with E-state index in [4.69, 9.17) is 0 Å². The average molecular weight is 304 g/mol. The van der Waals surface area contributed by atoms with Crippen molar-refractivity contribution < 1.29 is 18.0 Å². The Morgan fingerprint density at radius 2 is 1.85 bits per heavy atom. The molecule has 1 aromatic carbocycles. The number of carbonyl (C=O) groups excluding carboxylic acids is 1. The van der Waals surface area contributed by atoms with Gasteiger partial charge >= 0.3 is 6.18 Å². The summed E-state index contributed by atoms with van der Waals surface area (Å²) < 4.78 is 36.8. The number of benzene rings is 1. The zero-order valence-electron chi connectivity index (χ0n) is 10.7. The van der Waals surface area contributed by atoms with Crippen molar-refractivity contribution >= 4 is 18.5 Å². The molecule has 1 aromatic rings. The molecule has 7 heteroatoms. The van der Waals surface area contributed by atoms with Crippen LogP contribution in [-0.2, 0) is 0 Å². The normalized spacial score (nSPS) is 17.3. The first-order valence-electron chi connectivity index (χ1n) is 6.22. The zero-order chi connectivity index (χ0) is 14.8. The number of halogens is 3. The molecule has 1 amide bonds. The summed E-state index contributed by atoms with van der Waals surface area (Å²) in [4.78, 5) is 15.8. The maximum absolute atomic E-state index is 12.3. The molecule has 1 fully saturated rings. The van der Waals surface area contributed by atoms with Crippen molar-refractivity contribution in [1.29, 1.82) is 0 Å². The van der Waals surface area contributed by atoms with Crippen molar-refractivity contribution in [3.05, 3.63) is 29.8 Å². The molecule has 1 saturated heterocycles. The van der Waals surface area contributed by atoms with Gasteiger partial charge in [0, 0.05) is 36.6 Å². The van der Waals surface area contributed by atoms with Gasteiger partial charge < -0.3 is 4.90 Å². The van der Waals surface area contributed by atoms with Crippen LogP contribution in [0.5, 0.6) is 0 Å². The van der Waals surface area contributed by atoms with E-state index in [1.54, 1.807) is 29.2 Å². The van der Waals surface area contributed by atoms with Crippen molar-refractivity contribution in [3.63, 3.8) is 0 Å². The third kappa shape index (κ3) is 4.14. The SMILES string of the molecule is O=C(c1cccc(S)c1)N1CCN(CC(F)(F)F)CC1. The maximum Gasteiger partial charge on any atom is 0.401 e. The standard InChI is InChI=1S/C13H15F3N2OS/c14-13(15,16)9-17-4-6-18(7-5-17)12(19)10-2-1-3-11(20)8-10/h1-3,8,20H,4-7,9H2. The van der Waals surface area contributed by atoms with Gasteiger partial charge in [0.25, 0.3) is 5.91 Å². The lowest BCUT2D eigenvalue weighted by atomic mass is 10.2. The van der Waals surface area contributed by atoms with E-state index in [0.717, 1.165) is 0 Å². The highest BCUT2D eigenvalue weighted by Crippen LogP contribution is 2.18. The summed E-state index contributed by atoms with van der Waals surface area (Å²) in [5.41, 5.74) is 0.516. The van der Waals surface area contributed by atoms with Gasteiger partial charge in [0.05, 0.1) is 6.54 Å². The number of piperazine rings is 1. The Balaban J connectivity index is 1.92. The lowest BCUT2D eigenvalue weighted by Crippen LogP contribution is -2.50. The van der Waals surface area contributed by atoms with Gasteiger partial charge in [-0.3, -0.25) is 9.69 Å². The molecule has 110 valence electrons. The van der Waals surface area contributed by atoms with E-state index in [2.05, 4.69) is 12.6 Å². The average Bonchev–Trinajstić information content (AvgIpc) is 2.37. The fourth-order valence-electron chi connectivity index (χ4n) is 2.18. The van der Waals surface area contributed by atoms with Gasteiger partial charge in [-0.2, -0.15) is 13.2 Å². The zero-order valence-corrected chi connectivity index (χ0v) is 11.6. The Morgan fingerprint density at radius 3 is 2.40 bits per heavy atom. The van der Waals surface area contributed by atoms with Gasteiger partial charge in [0.2, 0.25) is 0 Å². The number of amides is 1. The monoisotopic (exact) mass is 304 g/mol. The molecule has 1 heterocycles. The van der Waals surface area contributed by atoms with Crippen molar-refractivity contribution in [2.45, 2.75) is 11.1 Å². The van der Waals surface area contributed by atoms with Crippen LogP contribution in [0.25, 0.3) is 0 Å². The third-order valence-electron chi connectivity index (χ3n) is 3.16. The van der Waals surface area contributed by atoms with Gasteiger partial charge in [-0.1, -0.05) is 6.07 Å². The van der Waals surface area contributed by atoms with E-state index in [9.17, 15) is 18.0 Å². The van der Waals surface area contributed by atoms with Crippen LogP contribution in [-0.4, -0.2) is 54.6 Å². The fourth-order valence-corrected chi connectivity index (χ4v) is 2.41. The number of rotatable bonds is 2. The molecule has 0 spiro atoms. The van der Waals surface area contributed by atoms with E-state index < -0.39 is 12.7 Å². The highest BCUT2D eigenvalue weighted by molar-refractivity contribution is 7.80. The van der Waals surface area contributed by atoms with Crippen LogP contribution in [0.15, 0.2) is 29.2 Å². The summed E-state index contributed by atoms with van der Waals surface area (Å²) in [6.45, 7) is 0.191. The number of hydrogen-bond acceptors (Lipinski definition) is 3. The van der Waals surface area contributed by atoms with Crippen molar-refractivity contribution in [1.82, 2.24) is 9.80 Å². The summed E-state index contributed by atoms with van der Waals surface area (Å²) in [6, 6.07) is 6.84. The quantitative estimate of drug-likeness (QED) is 0.848. The van der Waals surface area contributed by atoms with E-state index in [1.807, 2.05) is 0 Å². The Hall–Kier alpha value is -1.21. The highest BCUT2D eigenvalue weighted by Gasteiger charge is 2.32. The summed E-state index contributed by atoms with van der Waals surface area (Å²) in [5, 5.41) is 0. The number of alkyl halides is 3. The minimum Gasteiger partial charge on any atom is -0.336 e. The fraction of sp³-hybridized carbons (Fsp3) is 0.462. The highest BCUT2D eigenvalue weighted by atomic mass is 32.1. The second-order valence-electron chi connectivity index (χ2n) is 4.73. The second-order valence-corrected chi connectivity index (χ2v) is 5.25. The molecule has 0 radical (unpaired) electrons.